The van der Waals surface area contributed by atoms with Crippen LogP contribution in [0.25, 0.3) is 0 Å². The fourth-order valence-electron chi connectivity index (χ4n) is 1.96. The van der Waals surface area contributed by atoms with Gasteiger partial charge in [0.25, 0.3) is 0 Å². The van der Waals surface area contributed by atoms with Crippen molar-refractivity contribution in [1.29, 1.82) is 0 Å². The van der Waals surface area contributed by atoms with E-state index in [1.54, 1.807) is 18.2 Å². The number of carbonyl (C=O) groups is 2. The van der Waals surface area contributed by atoms with Crippen molar-refractivity contribution in [3.63, 3.8) is 0 Å². The number of phenolic OH excluding ortho intramolecular Hbond substituents is 1. The van der Waals surface area contributed by atoms with Crippen LogP contribution in [0.1, 0.15) is 5.56 Å². The Hall–Kier alpha value is -2.12. The number of aromatic hydroxyl groups is 1. The van der Waals surface area contributed by atoms with Gasteiger partial charge in [0.15, 0.2) is 0 Å². The van der Waals surface area contributed by atoms with E-state index in [1.165, 1.54) is 11.0 Å². The summed E-state index contributed by atoms with van der Waals surface area (Å²) in [5.74, 6) is -2.17. The minimum Gasteiger partial charge on any atom is -0.508 e. The van der Waals surface area contributed by atoms with Crippen molar-refractivity contribution < 1.29 is 24.9 Å². The van der Waals surface area contributed by atoms with Gasteiger partial charge in [0.1, 0.15) is 5.75 Å². The van der Waals surface area contributed by atoms with Crippen LogP contribution in [0.4, 0.5) is 0 Å². The molecule has 0 amide bonds. The van der Waals surface area contributed by atoms with E-state index in [2.05, 4.69) is 0 Å². The second kappa shape index (κ2) is 7.46. The van der Waals surface area contributed by atoms with E-state index < -0.39 is 31.1 Å². The molecule has 0 bridgehead atoms. The molecule has 0 aliphatic heterocycles. The van der Waals surface area contributed by atoms with Gasteiger partial charge in [-0.3, -0.25) is 14.5 Å². The molecule has 7 nitrogen and oxygen atoms in total. The van der Waals surface area contributed by atoms with Gasteiger partial charge in [-0.05, 0) is 18.1 Å². The summed E-state index contributed by atoms with van der Waals surface area (Å²) in [6.45, 7) is -0.738. The number of nitrogens with two attached hydrogens (primary N) is 1. The SMILES string of the molecule is NC[C@H](Cc1ccccc1O)N(CC(=O)O)CC(=O)O. The maximum Gasteiger partial charge on any atom is 0.317 e. The lowest BCUT2D eigenvalue weighted by molar-refractivity contribution is -0.142. The maximum atomic E-state index is 10.8. The van der Waals surface area contributed by atoms with Crippen LogP contribution in [-0.2, 0) is 16.0 Å². The zero-order valence-electron chi connectivity index (χ0n) is 10.9. The lowest BCUT2D eigenvalue weighted by atomic mass is 10.0. The molecule has 0 heterocycles. The first kappa shape index (κ1) is 15.9. The average Bonchev–Trinajstić information content (AvgIpc) is 2.36. The molecule has 1 aromatic rings. The van der Waals surface area contributed by atoms with Crippen molar-refractivity contribution in [1.82, 2.24) is 4.90 Å². The number of hydrogen-bond donors (Lipinski definition) is 4. The van der Waals surface area contributed by atoms with Crippen molar-refractivity contribution in [3.05, 3.63) is 29.8 Å². The third-order valence-corrected chi connectivity index (χ3v) is 2.91. The Kier molecular flexibility index (Phi) is 5.95. The van der Waals surface area contributed by atoms with Gasteiger partial charge < -0.3 is 21.1 Å². The highest BCUT2D eigenvalue weighted by molar-refractivity contribution is 5.72. The Bertz CT molecular complexity index is 462. The first-order valence-electron chi connectivity index (χ1n) is 6.08. The highest BCUT2D eigenvalue weighted by Gasteiger charge is 2.23. The quantitative estimate of drug-likeness (QED) is 0.517. The monoisotopic (exact) mass is 282 g/mol. The number of rotatable bonds is 8. The van der Waals surface area contributed by atoms with Crippen molar-refractivity contribution in [3.8, 4) is 5.75 Å². The Labute approximate surface area is 116 Å². The van der Waals surface area contributed by atoms with E-state index in [4.69, 9.17) is 15.9 Å². The first-order valence-corrected chi connectivity index (χ1v) is 6.08. The number of hydrogen-bond acceptors (Lipinski definition) is 5. The first-order chi connectivity index (χ1) is 9.43. The number of para-hydroxylation sites is 1. The molecule has 0 saturated heterocycles. The van der Waals surface area contributed by atoms with Crippen LogP contribution in [-0.4, -0.2) is 57.8 Å². The van der Waals surface area contributed by atoms with Crippen molar-refractivity contribution in [2.24, 2.45) is 5.73 Å². The summed E-state index contributed by atoms with van der Waals surface area (Å²) in [5.41, 5.74) is 6.21. The maximum absolute atomic E-state index is 10.8. The van der Waals surface area contributed by atoms with Crippen LogP contribution < -0.4 is 5.73 Å². The number of carboxylic acid groups (broad SMARTS) is 2. The highest BCUT2D eigenvalue weighted by atomic mass is 16.4. The number of aliphatic carboxylic acids is 2. The van der Waals surface area contributed by atoms with E-state index >= 15 is 0 Å². The van der Waals surface area contributed by atoms with Gasteiger partial charge in [-0.25, -0.2) is 0 Å². The minimum atomic E-state index is -1.12. The highest BCUT2D eigenvalue weighted by Crippen LogP contribution is 2.19. The molecule has 0 fully saturated rings. The van der Waals surface area contributed by atoms with Gasteiger partial charge >= 0.3 is 11.9 Å². The topological polar surface area (TPSA) is 124 Å². The largest absolute Gasteiger partial charge is 0.508 e. The van der Waals surface area contributed by atoms with Crippen LogP contribution in [0, 0.1) is 0 Å². The van der Waals surface area contributed by atoms with Crippen LogP contribution >= 0.6 is 0 Å². The van der Waals surface area contributed by atoms with E-state index in [0.717, 1.165) is 0 Å². The molecular formula is C13H18N2O5. The number of benzene rings is 1. The van der Waals surface area contributed by atoms with Gasteiger partial charge in [-0.2, -0.15) is 0 Å². The van der Waals surface area contributed by atoms with E-state index in [9.17, 15) is 14.7 Å². The Morgan fingerprint density at radius 3 is 2.15 bits per heavy atom. The summed E-state index contributed by atoms with van der Waals surface area (Å²) < 4.78 is 0. The standard InChI is InChI=1S/C13H18N2O5/c14-6-10(5-9-3-1-2-4-11(9)16)15(7-12(17)18)8-13(19)20/h1-4,10,16H,5-8,14H2,(H,17,18)(H,19,20)/t10-/m0/s1. The molecule has 1 aromatic carbocycles. The molecule has 1 atom stereocenters. The summed E-state index contributed by atoms with van der Waals surface area (Å²) in [4.78, 5) is 22.9. The zero-order valence-corrected chi connectivity index (χ0v) is 10.9. The molecule has 0 saturated carbocycles. The molecule has 0 aliphatic rings. The number of phenols is 1. The Balaban J connectivity index is 2.86. The van der Waals surface area contributed by atoms with Crippen LogP contribution in [0.5, 0.6) is 5.75 Å². The smallest absolute Gasteiger partial charge is 0.317 e. The molecule has 0 radical (unpaired) electrons. The molecule has 0 aromatic heterocycles. The Morgan fingerprint density at radius 2 is 1.70 bits per heavy atom. The normalized spacial score (nSPS) is 12.3. The van der Waals surface area contributed by atoms with Crippen LogP contribution in [0.15, 0.2) is 24.3 Å². The second-order valence-corrected chi connectivity index (χ2v) is 4.41. The molecule has 0 aliphatic carbocycles. The summed E-state index contributed by atoms with van der Waals surface area (Å²) in [6, 6.07) is 6.14. The lowest BCUT2D eigenvalue weighted by Gasteiger charge is -2.28. The van der Waals surface area contributed by atoms with Gasteiger partial charge in [0.2, 0.25) is 0 Å². The molecule has 0 unspecified atom stereocenters. The van der Waals surface area contributed by atoms with E-state index in [0.29, 0.717) is 5.56 Å². The molecule has 5 N–H and O–H groups in total. The fourth-order valence-corrected chi connectivity index (χ4v) is 1.96. The van der Waals surface area contributed by atoms with E-state index in [1.807, 2.05) is 0 Å². The molecule has 1 rings (SSSR count). The predicted molar refractivity (Wildman–Crippen MR) is 71.5 cm³/mol. The van der Waals surface area contributed by atoms with Gasteiger partial charge in [-0.1, -0.05) is 18.2 Å². The molecular weight excluding hydrogens is 264 g/mol. The lowest BCUT2D eigenvalue weighted by Crippen LogP contribution is -2.47. The third kappa shape index (κ3) is 4.87. The van der Waals surface area contributed by atoms with Gasteiger partial charge in [-0.15, -0.1) is 0 Å². The molecule has 20 heavy (non-hydrogen) atoms. The Morgan fingerprint density at radius 1 is 1.15 bits per heavy atom. The van der Waals surface area contributed by atoms with Crippen molar-refractivity contribution in [2.45, 2.75) is 12.5 Å². The number of nitrogens with zero attached hydrogens (tertiary/aromatic N) is 1. The summed E-state index contributed by atoms with van der Waals surface area (Å²) in [6.07, 6.45) is 0.281. The number of carboxylic acids is 2. The summed E-state index contributed by atoms with van der Waals surface area (Å²) in [7, 11) is 0. The van der Waals surface area contributed by atoms with Crippen molar-refractivity contribution in [2.75, 3.05) is 19.6 Å². The minimum absolute atomic E-state index is 0.0801. The second-order valence-electron chi connectivity index (χ2n) is 4.41. The summed E-state index contributed by atoms with van der Waals surface area (Å²) >= 11 is 0. The van der Waals surface area contributed by atoms with Crippen molar-refractivity contribution >= 4 is 11.9 Å². The molecule has 110 valence electrons. The third-order valence-electron chi connectivity index (χ3n) is 2.91. The average molecular weight is 282 g/mol. The molecule has 7 heteroatoms. The van der Waals surface area contributed by atoms with E-state index in [-0.39, 0.29) is 18.7 Å². The zero-order chi connectivity index (χ0) is 15.1. The summed E-state index contributed by atoms with van der Waals surface area (Å²) in [5, 5.41) is 27.4. The van der Waals surface area contributed by atoms with Gasteiger partial charge in [0.05, 0.1) is 13.1 Å². The van der Waals surface area contributed by atoms with Crippen LogP contribution in [0.3, 0.4) is 0 Å². The van der Waals surface area contributed by atoms with Crippen LogP contribution in [0.2, 0.25) is 0 Å². The van der Waals surface area contributed by atoms with Gasteiger partial charge in [0, 0.05) is 12.6 Å². The predicted octanol–water partition coefficient (Wildman–Crippen LogP) is -0.267. The fraction of sp³-hybridized carbons (Fsp3) is 0.385. The molecule has 0 spiro atoms.